The van der Waals surface area contributed by atoms with E-state index in [4.69, 9.17) is 5.73 Å². The molecule has 0 bridgehead atoms. The van der Waals surface area contributed by atoms with Crippen molar-refractivity contribution in [3.63, 3.8) is 0 Å². The van der Waals surface area contributed by atoms with E-state index in [9.17, 15) is 5.11 Å². The van der Waals surface area contributed by atoms with Crippen LogP contribution in [-0.4, -0.2) is 34.6 Å². The van der Waals surface area contributed by atoms with Gasteiger partial charge in [-0.15, -0.1) is 0 Å². The van der Waals surface area contributed by atoms with E-state index in [0.717, 1.165) is 11.1 Å². The van der Waals surface area contributed by atoms with Crippen LogP contribution in [0, 0.1) is 6.92 Å². The van der Waals surface area contributed by atoms with Gasteiger partial charge in [0.15, 0.2) is 0 Å². The summed E-state index contributed by atoms with van der Waals surface area (Å²) in [6, 6.07) is 2.30. The molecule has 3 N–H and O–H groups in total. The monoisotopic (exact) mass is 221 g/mol. The SMILES string of the molecule is Cc1cnc(N)c(C2(O)CC(C)N(C)C2)c1. The molecule has 0 aromatic carbocycles. The van der Waals surface area contributed by atoms with Crippen molar-refractivity contribution in [1.82, 2.24) is 9.88 Å². The molecule has 2 rings (SSSR count). The Hall–Kier alpha value is -1.13. The Bertz CT molecular complexity index is 395. The van der Waals surface area contributed by atoms with Gasteiger partial charge in [-0.1, -0.05) is 0 Å². The number of likely N-dealkylation sites (N-methyl/N-ethyl adjacent to an activating group) is 1. The molecule has 2 heterocycles. The normalized spacial score (nSPS) is 30.9. The number of nitrogen functional groups attached to an aromatic ring is 1. The van der Waals surface area contributed by atoms with E-state index >= 15 is 0 Å². The summed E-state index contributed by atoms with van der Waals surface area (Å²) < 4.78 is 0. The highest BCUT2D eigenvalue weighted by molar-refractivity contribution is 5.45. The zero-order valence-corrected chi connectivity index (χ0v) is 10.1. The van der Waals surface area contributed by atoms with Gasteiger partial charge >= 0.3 is 0 Å². The fourth-order valence-corrected chi connectivity index (χ4v) is 2.43. The van der Waals surface area contributed by atoms with Gasteiger partial charge in [0.25, 0.3) is 0 Å². The van der Waals surface area contributed by atoms with Gasteiger partial charge in [-0.25, -0.2) is 4.98 Å². The van der Waals surface area contributed by atoms with Crippen LogP contribution in [0.2, 0.25) is 0 Å². The number of aromatic nitrogens is 1. The number of hydrogen-bond donors (Lipinski definition) is 2. The van der Waals surface area contributed by atoms with Crippen molar-refractivity contribution in [1.29, 1.82) is 0 Å². The summed E-state index contributed by atoms with van der Waals surface area (Å²) in [4.78, 5) is 6.26. The Balaban J connectivity index is 2.40. The van der Waals surface area contributed by atoms with Gasteiger partial charge in [0, 0.05) is 24.3 Å². The molecule has 0 aliphatic carbocycles. The first kappa shape index (κ1) is 11.4. The van der Waals surface area contributed by atoms with Gasteiger partial charge in [0.05, 0.1) is 0 Å². The topological polar surface area (TPSA) is 62.4 Å². The van der Waals surface area contributed by atoms with Crippen LogP contribution in [0.3, 0.4) is 0 Å². The average Bonchev–Trinajstić information content (AvgIpc) is 2.46. The fraction of sp³-hybridized carbons (Fsp3) is 0.583. The number of pyridine rings is 1. The average molecular weight is 221 g/mol. The summed E-state index contributed by atoms with van der Waals surface area (Å²) >= 11 is 0. The molecule has 1 saturated heterocycles. The fourth-order valence-electron chi connectivity index (χ4n) is 2.43. The number of β-amino-alcohol motifs (C(OH)–C–C–N with tert-alkyl or cyclic N) is 1. The van der Waals surface area contributed by atoms with Crippen LogP contribution in [0.4, 0.5) is 5.82 Å². The molecule has 0 spiro atoms. The van der Waals surface area contributed by atoms with Crippen molar-refractivity contribution in [2.24, 2.45) is 0 Å². The maximum atomic E-state index is 10.6. The van der Waals surface area contributed by atoms with E-state index in [1.54, 1.807) is 6.20 Å². The predicted molar refractivity (Wildman–Crippen MR) is 64.0 cm³/mol. The summed E-state index contributed by atoms with van der Waals surface area (Å²) in [6.07, 6.45) is 2.43. The lowest BCUT2D eigenvalue weighted by Gasteiger charge is -2.24. The standard InChI is InChI=1S/C12H19N3O/c1-8-4-10(11(13)14-6-8)12(16)5-9(2)15(3)7-12/h4,6,9,16H,5,7H2,1-3H3,(H2,13,14). The zero-order chi connectivity index (χ0) is 11.9. The van der Waals surface area contributed by atoms with Crippen LogP contribution in [0.25, 0.3) is 0 Å². The summed E-state index contributed by atoms with van der Waals surface area (Å²) in [7, 11) is 2.02. The Morgan fingerprint density at radius 2 is 2.31 bits per heavy atom. The predicted octanol–water partition coefficient (Wildman–Crippen LogP) is 0.884. The quantitative estimate of drug-likeness (QED) is 0.739. The number of nitrogens with zero attached hydrogens (tertiary/aromatic N) is 2. The smallest absolute Gasteiger partial charge is 0.129 e. The molecule has 2 unspecified atom stereocenters. The van der Waals surface area contributed by atoms with Gasteiger partial charge < -0.3 is 15.7 Å². The lowest BCUT2D eigenvalue weighted by atomic mass is 9.91. The second-order valence-corrected chi connectivity index (χ2v) is 4.95. The number of rotatable bonds is 1. The van der Waals surface area contributed by atoms with E-state index in [0.29, 0.717) is 24.8 Å². The molecule has 2 atom stereocenters. The van der Waals surface area contributed by atoms with Gasteiger partial charge in [-0.3, -0.25) is 0 Å². The second kappa shape index (κ2) is 3.71. The lowest BCUT2D eigenvalue weighted by molar-refractivity contribution is 0.0490. The highest BCUT2D eigenvalue weighted by Gasteiger charge is 2.41. The van der Waals surface area contributed by atoms with Crippen molar-refractivity contribution >= 4 is 5.82 Å². The molecule has 1 aromatic heterocycles. The summed E-state index contributed by atoms with van der Waals surface area (Å²) in [5, 5.41) is 10.6. The molecule has 0 amide bonds. The van der Waals surface area contributed by atoms with Crippen LogP contribution >= 0.6 is 0 Å². The number of nitrogens with two attached hydrogens (primary N) is 1. The molecule has 1 aromatic rings. The minimum atomic E-state index is -0.850. The summed E-state index contributed by atoms with van der Waals surface area (Å²) in [6.45, 7) is 4.68. The number of aryl methyl sites for hydroxylation is 1. The van der Waals surface area contributed by atoms with Crippen LogP contribution in [0.5, 0.6) is 0 Å². The molecular weight excluding hydrogens is 202 g/mol. The van der Waals surface area contributed by atoms with Gasteiger partial charge in [-0.2, -0.15) is 0 Å². The second-order valence-electron chi connectivity index (χ2n) is 4.95. The largest absolute Gasteiger partial charge is 0.384 e. The Morgan fingerprint density at radius 1 is 1.62 bits per heavy atom. The first-order valence-corrected chi connectivity index (χ1v) is 5.57. The van der Waals surface area contributed by atoms with E-state index in [2.05, 4.69) is 16.8 Å². The third kappa shape index (κ3) is 1.79. The van der Waals surface area contributed by atoms with Crippen molar-refractivity contribution in [2.45, 2.75) is 31.9 Å². The van der Waals surface area contributed by atoms with E-state index in [1.165, 1.54) is 0 Å². The maximum absolute atomic E-state index is 10.6. The number of anilines is 1. The molecule has 1 aliphatic rings. The number of aliphatic hydroxyl groups is 1. The number of hydrogen-bond acceptors (Lipinski definition) is 4. The van der Waals surface area contributed by atoms with Crippen molar-refractivity contribution in [2.75, 3.05) is 19.3 Å². The third-order valence-electron chi connectivity index (χ3n) is 3.45. The summed E-state index contributed by atoms with van der Waals surface area (Å²) in [5.41, 5.74) is 6.80. The van der Waals surface area contributed by atoms with Gasteiger partial charge in [0.2, 0.25) is 0 Å². The molecule has 88 valence electrons. The molecule has 4 nitrogen and oxygen atoms in total. The molecular formula is C12H19N3O. The molecule has 16 heavy (non-hydrogen) atoms. The van der Waals surface area contributed by atoms with E-state index in [-0.39, 0.29) is 0 Å². The Kier molecular flexibility index (Phi) is 2.64. The van der Waals surface area contributed by atoms with Crippen LogP contribution in [-0.2, 0) is 5.60 Å². The number of likely N-dealkylation sites (tertiary alicyclic amines) is 1. The Morgan fingerprint density at radius 3 is 2.88 bits per heavy atom. The van der Waals surface area contributed by atoms with Crippen LogP contribution in [0.15, 0.2) is 12.3 Å². The maximum Gasteiger partial charge on any atom is 0.129 e. The highest BCUT2D eigenvalue weighted by Crippen LogP contribution is 2.37. The lowest BCUT2D eigenvalue weighted by Crippen LogP contribution is -2.30. The van der Waals surface area contributed by atoms with Gasteiger partial charge in [0.1, 0.15) is 11.4 Å². The van der Waals surface area contributed by atoms with Gasteiger partial charge in [-0.05, 0) is 38.9 Å². The first-order valence-electron chi connectivity index (χ1n) is 5.57. The van der Waals surface area contributed by atoms with Crippen molar-refractivity contribution < 1.29 is 5.11 Å². The zero-order valence-electron chi connectivity index (χ0n) is 10.1. The van der Waals surface area contributed by atoms with Crippen LogP contribution in [0.1, 0.15) is 24.5 Å². The Labute approximate surface area is 96.1 Å². The van der Waals surface area contributed by atoms with E-state index < -0.39 is 5.60 Å². The molecule has 4 heteroatoms. The molecule has 0 radical (unpaired) electrons. The van der Waals surface area contributed by atoms with Crippen molar-refractivity contribution in [3.05, 3.63) is 23.4 Å². The first-order chi connectivity index (χ1) is 7.42. The highest BCUT2D eigenvalue weighted by atomic mass is 16.3. The summed E-state index contributed by atoms with van der Waals surface area (Å²) in [5.74, 6) is 0.440. The molecule has 1 fully saturated rings. The molecule has 0 saturated carbocycles. The molecule has 1 aliphatic heterocycles. The van der Waals surface area contributed by atoms with Crippen molar-refractivity contribution in [3.8, 4) is 0 Å². The minimum absolute atomic E-state index is 0.366. The minimum Gasteiger partial charge on any atom is -0.384 e. The van der Waals surface area contributed by atoms with E-state index in [1.807, 2.05) is 20.0 Å². The van der Waals surface area contributed by atoms with Crippen LogP contribution < -0.4 is 5.73 Å². The third-order valence-corrected chi connectivity index (χ3v) is 3.45.